The third kappa shape index (κ3) is 3.09. The minimum Gasteiger partial charge on any atom is -0.381 e. The van der Waals surface area contributed by atoms with Gasteiger partial charge in [-0.3, -0.25) is 0 Å². The first kappa shape index (κ1) is 14.3. The molecular weight excluding hydrogens is 264 g/mol. The quantitative estimate of drug-likeness (QED) is 0.871. The van der Waals surface area contributed by atoms with Crippen LogP contribution in [0, 0.1) is 5.92 Å². The molecule has 1 aliphatic rings. The molecule has 108 valence electrons. The minimum absolute atomic E-state index is 0.0158. The van der Waals surface area contributed by atoms with Crippen molar-refractivity contribution in [1.82, 2.24) is 14.3 Å². The van der Waals surface area contributed by atoms with E-state index in [1.165, 1.54) is 17.3 Å². The molecule has 0 atom stereocenters. The number of hydrogen-bond acceptors (Lipinski definition) is 4. The maximum atomic E-state index is 12.3. The smallest absolute Gasteiger partial charge is 0.260 e. The first-order valence-electron chi connectivity index (χ1n) is 6.73. The Morgan fingerprint density at radius 2 is 2.05 bits per heavy atom. The average Bonchev–Trinajstić information content (AvgIpc) is 2.70. The molecular formula is C12H22N4O2S. The second-order valence-electron chi connectivity index (χ2n) is 5.29. The van der Waals surface area contributed by atoms with E-state index in [9.17, 15) is 8.42 Å². The van der Waals surface area contributed by atoms with Crippen molar-refractivity contribution >= 4 is 15.8 Å². The molecule has 1 saturated carbocycles. The Kier molecular flexibility index (Phi) is 4.15. The summed E-state index contributed by atoms with van der Waals surface area (Å²) in [6.07, 6.45) is 6.56. The number of imidazole rings is 1. The van der Waals surface area contributed by atoms with Gasteiger partial charge in [-0.2, -0.15) is 0 Å². The molecule has 0 saturated heterocycles. The Labute approximate surface area is 114 Å². The van der Waals surface area contributed by atoms with Crippen LogP contribution in [0.15, 0.2) is 11.4 Å². The number of rotatable bonds is 4. The summed E-state index contributed by atoms with van der Waals surface area (Å²) >= 11 is 0. The van der Waals surface area contributed by atoms with Crippen LogP contribution in [-0.2, 0) is 17.1 Å². The number of aryl methyl sites for hydroxylation is 1. The average molecular weight is 286 g/mol. The number of nitrogens with two attached hydrogens (primary N) is 1. The van der Waals surface area contributed by atoms with Crippen molar-refractivity contribution in [2.75, 3.05) is 5.73 Å². The molecule has 0 amide bonds. The summed E-state index contributed by atoms with van der Waals surface area (Å²) in [5.74, 6) is 0.791. The molecule has 0 spiro atoms. The number of nitrogens with zero attached hydrogens (tertiary/aromatic N) is 2. The van der Waals surface area contributed by atoms with E-state index in [1.807, 2.05) is 0 Å². The van der Waals surface area contributed by atoms with Crippen LogP contribution in [0.2, 0.25) is 0 Å². The van der Waals surface area contributed by atoms with Crippen molar-refractivity contribution < 1.29 is 8.42 Å². The van der Waals surface area contributed by atoms with Gasteiger partial charge in [0.05, 0.1) is 6.33 Å². The van der Waals surface area contributed by atoms with E-state index >= 15 is 0 Å². The monoisotopic (exact) mass is 286 g/mol. The van der Waals surface area contributed by atoms with Crippen LogP contribution in [0.3, 0.4) is 0 Å². The van der Waals surface area contributed by atoms with E-state index in [4.69, 9.17) is 5.73 Å². The molecule has 1 heterocycles. The summed E-state index contributed by atoms with van der Waals surface area (Å²) in [5.41, 5.74) is 5.63. The lowest BCUT2D eigenvalue weighted by Crippen LogP contribution is -2.38. The molecule has 1 aliphatic carbocycles. The Bertz CT molecular complexity index is 510. The zero-order valence-electron chi connectivity index (χ0n) is 11.5. The van der Waals surface area contributed by atoms with Gasteiger partial charge in [-0.25, -0.2) is 18.1 Å². The van der Waals surface area contributed by atoms with E-state index in [0.717, 1.165) is 31.6 Å². The normalized spacial score (nSPS) is 24.5. The van der Waals surface area contributed by atoms with E-state index in [2.05, 4.69) is 16.6 Å². The highest BCUT2D eigenvalue weighted by molar-refractivity contribution is 7.89. The zero-order chi connectivity index (χ0) is 14.0. The number of anilines is 1. The standard InChI is InChI=1S/C12H22N4O2S/c1-3-9-4-6-10(7-5-9)15-19(17,18)12-11(13)14-8-16(12)2/h8-10,15H,3-7,13H2,1-2H3. The van der Waals surface area contributed by atoms with E-state index < -0.39 is 10.0 Å². The Morgan fingerprint density at radius 3 is 2.53 bits per heavy atom. The molecule has 0 bridgehead atoms. The lowest BCUT2D eigenvalue weighted by molar-refractivity contribution is 0.306. The van der Waals surface area contributed by atoms with Gasteiger partial charge in [-0.05, 0) is 31.6 Å². The molecule has 3 N–H and O–H groups in total. The molecule has 0 unspecified atom stereocenters. The predicted octanol–water partition coefficient (Wildman–Crippen LogP) is 1.25. The van der Waals surface area contributed by atoms with Crippen molar-refractivity contribution in [1.29, 1.82) is 0 Å². The maximum absolute atomic E-state index is 12.3. The largest absolute Gasteiger partial charge is 0.381 e. The van der Waals surface area contributed by atoms with E-state index in [-0.39, 0.29) is 16.9 Å². The van der Waals surface area contributed by atoms with Crippen LogP contribution in [-0.4, -0.2) is 24.0 Å². The van der Waals surface area contributed by atoms with Gasteiger partial charge in [0.2, 0.25) is 0 Å². The van der Waals surface area contributed by atoms with Gasteiger partial charge in [0.15, 0.2) is 10.8 Å². The molecule has 19 heavy (non-hydrogen) atoms. The van der Waals surface area contributed by atoms with Gasteiger partial charge in [0.1, 0.15) is 0 Å². The fourth-order valence-electron chi connectivity index (χ4n) is 2.73. The molecule has 1 aromatic heterocycles. The van der Waals surface area contributed by atoms with Crippen LogP contribution >= 0.6 is 0 Å². The van der Waals surface area contributed by atoms with E-state index in [0.29, 0.717) is 0 Å². The molecule has 0 aromatic carbocycles. The van der Waals surface area contributed by atoms with Gasteiger partial charge >= 0.3 is 0 Å². The summed E-state index contributed by atoms with van der Waals surface area (Å²) in [5, 5.41) is 0.0603. The third-order valence-corrected chi connectivity index (χ3v) is 5.56. The lowest BCUT2D eigenvalue weighted by Gasteiger charge is -2.28. The molecule has 1 fully saturated rings. The summed E-state index contributed by atoms with van der Waals surface area (Å²) < 4.78 is 28.8. The van der Waals surface area contributed by atoms with Gasteiger partial charge in [0, 0.05) is 13.1 Å². The molecule has 7 heteroatoms. The van der Waals surface area contributed by atoms with E-state index in [1.54, 1.807) is 7.05 Å². The SMILES string of the molecule is CCC1CCC(NS(=O)(=O)c2c(N)ncn2C)CC1. The van der Waals surface area contributed by atoms with Gasteiger partial charge in [-0.1, -0.05) is 13.3 Å². The Hall–Kier alpha value is -1.08. The van der Waals surface area contributed by atoms with Crippen LogP contribution in [0.5, 0.6) is 0 Å². The van der Waals surface area contributed by atoms with Crippen molar-refractivity contribution in [3.8, 4) is 0 Å². The van der Waals surface area contributed by atoms with Crippen LogP contribution < -0.4 is 10.5 Å². The fraction of sp³-hybridized carbons (Fsp3) is 0.750. The summed E-state index contributed by atoms with van der Waals surface area (Å²) in [7, 11) is -1.95. The Balaban J connectivity index is 2.07. The number of hydrogen-bond donors (Lipinski definition) is 2. The lowest BCUT2D eigenvalue weighted by atomic mass is 9.85. The Morgan fingerprint density at radius 1 is 1.42 bits per heavy atom. The second kappa shape index (κ2) is 5.50. The van der Waals surface area contributed by atoms with Crippen molar-refractivity contribution in [3.05, 3.63) is 6.33 Å². The van der Waals surface area contributed by atoms with Crippen molar-refractivity contribution in [2.24, 2.45) is 13.0 Å². The second-order valence-corrected chi connectivity index (χ2v) is 6.92. The first-order valence-corrected chi connectivity index (χ1v) is 8.21. The molecule has 0 radical (unpaired) electrons. The van der Waals surface area contributed by atoms with Gasteiger partial charge in [0.25, 0.3) is 10.0 Å². The molecule has 1 aromatic rings. The number of sulfonamides is 1. The molecule has 2 rings (SSSR count). The maximum Gasteiger partial charge on any atom is 0.260 e. The number of aromatic nitrogens is 2. The zero-order valence-corrected chi connectivity index (χ0v) is 12.3. The summed E-state index contributed by atoms with van der Waals surface area (Å²) in [6, 6.07) is 0.0158. The fourth-order valence-corrected chi connectivity index (χ4v) is 4.27. The molecule has 0 aliphatic heterocycles. The third-order valence-electron chi connectivity index (χ3n) is 3.91. The van der Waals surface area contributed by atoms with Crippen molar-refractivity contribution in [2.45, 2.75) is 50.1 Å². The number of nitrogens with one attached hydrogen (secondary N) is 1. The van der Waals surface area contributed by atoms with Gasteiger partial charge in [-0.15, -0.1) is 0 Å². The first-order chi connectivity index (χ1) is 8.94. The predicted molar refractivity (Wildman–Crippen MR) is 74.0 cm³/mol. The van der Waals surface area contributed by atoms with Gasteiger partial charge < -0.3 is 10.3 Å². The highest BCUT2D eigenvalue weighted by Crippen LogP contribution is 2.27. The van der Waals surface area contributed by atoms with Crippen LogP contribution in [0.1, 0.15) is 39.0 Å². The highest BCUT2D eigenvalue weighted by Gasteiger charge is 2.28. The topological polar surface area (TPSA) is 90.0 Å². The summed E-state index contributed by atoms with van der Waals surface area (Å²) in [4.78, 5) is 3.82. The van der Waals surface area contributed by atoms with Crippen molar-refractivity contribution in [3.63, 3.8) is 0 Å². The number of nitrogen functional groups attached to an aromatic ring is 1. The minimum atomic E-state index is -3.58. The molecule has 6 nitrogen and oxygen atoms in total. The summed E-state index contributed by atoms with van der Waals surface area (Å²) in [6.45, 7) is 2.19. The van der Waals surface area contributed by atoms with Crippen LogP contribution in [0.4, 0.5) is 5.82 Å². The highest BCUT2D eigenvalue weighted by atomic mass is 32.2. The van der Waals surface area contributed by atoms with Crippen LogP contribution in [0.25, 0.3) is 0 Å².